The summed E-state index contributed by atoms with van der Waals surface area (Å²) in [6.45, 7) is 0.245. The minimum absolute atomic E-state index is 0.0924. The second-order valence-corrected chi connectivity index (χ2v) is 7.57. The third-order valence-electron chi connectivity index (χ3n) is 5.48. The first-order valence-electron chi connectivity index (χ1n) is 10.6. The second kappa shape index (κ2) is 10.1. The molecule has 1 N–H and O–H groups in total. The molecular formula is C25H25N3O6. The largest absolute Gasteiger partial charge is 0.497 e. The smallest absolute Gasteiger partial charge is 0.243 e. The van der Waals surface area contributed by atoms with Crippen LogP contribution in [0.15, 0.2) is 60.8 Å². The summed E-state index contributed by atoms with van der Waals surface area (Å²) in [6, 6.07) is 15.6. The van der Waals surface area contributed by atoms with E-state index >= 15 is 0 Å². The standard InChI is InChI=1S/C25H25N3O6/c1-31-18-7-9-19(10-8-18)34-25-20(5-4-12-26-25)27-24(30)16-13-23(29)28(15-16)17-6-11-21(32-2)22(14-17)33-3/h4-12,14,16H,13,15H2,1-3H3,(H,27,30). The first-order chi connectivity index (χ1) is 16.5. The van der Waals surface area contributed by atoms with Crippen molar-refractivity contribution in [2.45, 2.75) is 6.42 Å². The van der Waals surface area contributed by atoms with Crippen LogP contribution < -0.4 is 29.2 Å². The third-order valence-corrected chi connectivity index (χ3v) is 5.48. The van der Waals surface area contributed by atoms with Crippen LogP contribution in [0.5, 0.6) is 28.9 Å². The van der Waals surface area contributed by atoms with Crippen LogP contribution in [0.25, 0.3) is 0 Å². The highest BCUT2D eigenvalue weighted by atomic mass is 16.5. The van der Waals surface area contributed by atoms with Crippen molar-refractivity contribution in [1.82, 2.24) is 4.98 Å². The van der Waals surface area contributed by atoms with Gasteiger partial charge in [-0.05, 0) is 48.5 Å². The number of rotatable bonds is 8. The van der Waals surface area contributed by atoms with Gasteiger partial charge in [-0.15, -0.1) is 0 Å². The highest BCUT2D eigenvalue weighted by Gasteiger charge is 2.35. The summed E-state index contributed by atoms with van der Waals surface area (Å²) < 4.78 is 21.6. The Labute approximate surface area is 197 Å². The van der Waals surface area contributed by atoms with E-state index in [-0.39, 0.29) is 30.7 Å². The van der Waals surface area contributed by atoms with Gasteiger partial charge in [0.1, 0.15) is 17.2 Å². The van der Waals surface area contributed by atoms with E-state index in [9.17, 15) is 9.59 Å². The number of benzene rings is 2. The molecule has 0 saturated carbocycles. The molecule has 1 saturated heterocycles. The number of nitrogens with zero attached hydrogens (tertiary/aromatic N) is 2. The van der Waals surface area contributed by atoms with Gasteiger partial charge in [-0.25, -0.2) is 4.98 Å². The molecule has 2 heterocycles. The second-order valence-electron chi connectivity index (χ2n) is 7.57. The van der Waals surface area contributed by atoms with Crippen LogP contribution >= 0.6 is 0 Å². The van der Waals surface area contributed by atoms with Crippen molar-refractivity contribution in [1.29, 1.82) is 0 Å². The van der Waals surface area contributed by atoms with Gasteiger partial charge in [0.15, 0.2) is 11.5 Å². The normalized spacial score (nSPS) is 15.1. The molecule has 0 radical (unpaired) electrons. The fraction of sp³-hybridized carbons (Fsp3) is 0.240. The van der Waals surface area contributed by atoms with Crippen molar-refractivity contribution < 1.29 is 28.5 Å². The zero-order valence-corrected chi connectivity index (χ0v) is 19.1. The third kappa shape index (κ3) is 4.88. The molecule has 1 aliphatic rings. The number of amides is 2. The molecule has 2 aromatic carbocycles. The fourth-order valence-corrected chi connectivity index (χ4v) is 3.68. The number of carbonyl (C=O) groups is 2. The van der Waals surface area contributed by atoms with Crippen molar-refractivity contribution in [3.63, 3.8) is 0 Å². The molecule has 2 amide bonds. The Morgan fingerprint density at radius 3 is 2.41 bits per heavy atom. The highest BCUT2D eigenvalue weighted by molar-refractivity contribution is 6.04. The Balaban J connectivity index is 1.46. The Hall–Kier alpha value is -4.27. The number of carbonyl (C=O) groups excluding carboxylic acids is 2. The zero-order valence-electron chi connectivity index (χ0n) is 19.1. The van der Waals surface area contributed by atoms with Crippen LogP contribution in [0.3, 0.4) is 0 Å². The van der Waals surface area contributed by atoms with Gasteiger partial charge in [-0.2, -0.15) is 0 Å². The van der Waals surface area contributed by atoms with E-state index in [4.69, 9.17) is 18.9 Å². The van der Waals surface area contributed by atoms with Gasteiger partial charge in [-0.1, -0.05) is 0 Å². The lowest BCUT2D eigenvalue weighted by Crippen LogP contribution is -2.28. The van der Waals surface area contributed by atoms with Gasteiger partial charge < -0.3 is 29.2 Å². The SMILES string of the molecule is COc1ccc(Oc2ncccc2NC(=O)C2CC(=O)N(c3ccc(OC)c(OC)c3)C2)cc1. The lowest BCUT2D eigenvalue weighted by atomic mass is 10.1. The molecule has 4 rings (SSSR count). The van der Waals surface area contributed by atoms with Crippen LogP contribution in [0.2, 0.25) is 0 Å². The predicted molar refractivity (Wildman–Crippen MR) is 126 cm³/mol. The maximum atomic E-state index is 13.0. The molecular weight excluding hydrogens is 438 g/mol. The van der Waals surface area contributed by atoms with Gasteiger partial charge in [0, 0.05) is 30.9 Å². The number of aromatic nitrogens is 1. The Morgan fingerprint density at radius 2 is 1.71 bits per heavy atom. The summed E-state index contributed by atoms with van der Waals surface area (Å²) >= 11 is 0. The fourth-order valence-electron chi connectivity index (χ4n) is 3.68. The maximum Gasteiger partial charge on any atom is 0.243 e. The number of ether oxygens (including phenoxy) is 4. The molecule has 0 bridgehead atoms. The van der Waals surface area contributed by atoms with Gasteiger partial charge in [0.25, 0.3) is 0 Å². The van der Waals surface area contributed by atoms with Crippen molar-refractivity contribution >= 4 is 23.2 Å². The lowest BCUT2D eigenvalue weighted by molar-refractivity contribution is -0.122. The number of hydrogen-bond donors (Lipinski definition) is 1. The Bertz CT molecular complexity index is 1180. The van der Waals surface area contributed by atoms with Gasteiger partial charge in [-0.3, -0.25) is 9.59 Å². The molecule has 1 aromatic heterocycles. The number of methoxy groups -OCH3 is 3. The van der Waals surface area contributed by atoms with E-state index in [1.54, 1.807) is 79.9 Å². The quantitative estimate of drug-likeness (QED) is 0.541. The topological polar surface area (TPSA) is 99.2 Å². The minimum atomic E-state index is -0.533. The van der Waals surface area contributed by atoms with Gasteiger partial charge in [0.05, 0.1) is 27.2 Å². The summed E-state index contributed by atoms with van der Waals surface area (Å²) in [6.07, 6.45) is 1.67. The van der Waals surface area contributed by atoms with Gasteiger partial charge in [0.2, 0.25) is 17.7 Å². The zero-order chi connectivity index (χ0) is 24.1. The van der Waals surface area contributed by atoms with Crippen molar-refractivity contribution in [3.05, 3.63) is 60.8 Å². The molecule has 1 fully saturated rings. The van der Waals surface area contributed by atoms with Crippen LogP contribution in [0.4, 0.5) is 11.4 Å². The minimum Gasteiger partial charge on any atom is -0.497 e. The highest BCUT2D eigenvalue weighted by Crippen LogP contribution is 2.35. The summed E-state index contributed by atoms with van der Waals surface area (Å²) in [5.41, 5.74) is 1.06. The number of nitrogens with one attached hydrogen (secondary N) is 1. The van der Waals surface area contributed by atoms with E-state index in [1.165, 1.54) is 7.11 Å². The van der Waals surface area contributed by atoms with E-state index in [0.29, 0.717) is 34.4 Å². The average molecular weight is 463 g/mol. The monoisotopic (exact) mass is 463 g/mol. The average Bonchev–Trinajstić information content (AvgIpc) is 3.27. The Morgan fingerprint density at radius 1 is 0.971 bits per heavy atom. The number of hydrogen-bond acceptors (Lipinski definition) is 7. The number of pyridine rings is 1. The lowest BCUT2D eigenvalue weighted by Gasteiger charge is -2.19. The van der Waals surface area contributed by atoms with Crippen molar-refractivity contribution in [2.75, 3.05) is 38.1 Å². The molecule has 9 heteroatoms. The summed E-state index contributed by atoms with van der Waals surface area (Å²) in [5.74, 6) is 1.61. The Kier molecular flexibility index (Phi) is 6.82. The van der Waals surface area contributed by atoms with E-state index in [0.717, 1.165) is 0 Å². The van der Waals surface area contributed by atoms with Gasteiger partial charge >= 0.3 is 0 Å². The molecule has 9 nitrogen and oxygen atoms in total. The molecule has 0 spiro atoms. The predicted octanol–water partition coefficient (Wildman–Crippen LogP) is 3.89. The van der Waals surface area contributed by atoms with Crippen LogP contribution in [0, 0.1) is 5.92 Å². The van der Waals surface area contributed by atoms with Crippen LogP contribution in [-0.2, 0) is 9.59 Å². The molecule has 1 atom stereocenters. The molecule has 1 unspecified atom stereocenters. The number of anilines is 2. The van der Waals surface area contributed by atoms with E-state index in [1.807, 2.05) is 0 Å². The van der Waals surface area contributed by atoms with Crippen LogP contribution in [0.1, 0.15) is 6.42 Å². The maximum absolute atomic E-state index is 13.0. The van der Waals surface area contributed by atoms with Crippen molar-refractivity contribution in [2.24, 2.45) is 5.92 Å². The first kappa shape index (κ1) is 22.9. The molecule has 0 aliphatic carbocycles. The molecule has 34 heavy (non-hydrogen) atoms. The summed E-state index contributed by atoms with van der Waals surface area (Å²) in [7, 11) is 4.66. The van der Waals surface area contributed by atoms with Crippen molar-refractivity contribution in [3.8, 4) is 28.9 Å². The summed E-state index contributed by atoms with van der Waals surface area (Å²) in [4.78, 5) is 31.5. The van der Waals surface area contributed by atoms with Crippen LogP contribution in [-0.4, -0.2) is 44.7 Å². The molecule has 176 valence electrons. The summed E-state index contributed by atoms with van der Waals surface area (Å²) in [5, 5.41) is 2.85. The first-order valence-corrected chi connectivity index (χ1v) is 10.6. The van der Waals surface area contributed by atoms with E-state index < -0.39 is 5.92 Å². The molecule has 1 aliphatic heterocycles. The van der Waals surface area contributed by atoms with E-state index in [2.05, 4.69) is 10.3 Å². The molecule has 3 aromatic rings.